The zero-order valence-electron chi connectivity index (χ0n) is 17.6. The third kappa shape index (κ3) is 4.66. The lowest BCUT2D eigenvalue weighted by atomic mass is 9.87. The van der Waals surface area contributed by atoms with Crippen LogP contribution in [0.5, 0.6) is 5.75 Å². The Kier molecular flexibility index (Phi) is 6.53. The highest BCUT2D eigenvalue weighted by Crippen LogP contribution is 2.41. The van der Waals surface area contributed by atoms with Crippen molar-refractivity contribution in [2.75, 3.05) is 10.9 Å². The van der Waals surface area contributed by atoms with Crippen LogP contribution < -0.4 is 9.04 Å². The molecule has 0 radical (unpaired) electrons. The summed E-state index contributed by atoms with van der Waals surface area (Å²) >= 11 is -2.27. The lowest BCUT2D eigenvalue weighted by molar-refractivity contribution is -0.139. The number of nitrogens with zero attached hydrogens (tertiary/aromatic N) is 2. The molecule has 1 aliphatic rings. The van der Waals surface area contributed by atoms with E-state index in [2.05, 4.69) is 4.98 Å². The Labute approximate surface area is 189 Å². The van der Waals surface area contributed by atoms with Gasteiger partial charge in [0.15, 0.2) is 6.61 Å². The van der Waals surface area contributed by atoms with Gasteiger partial charge in [-0.25, -0.2) is 9.00 Å². The molecule has 2 N–H and O–H groups in total. The van der Waals surface area contributed by atoms with Crippen molar-refractivity contribution in [2.45, 2.75) is 32.2 Å². The van der Waals surface area contributed by atoms with Crippen molar-refractivity contribution in [3.05, 3.63) is 77.5 Å². The van der Waals surface area contributed by atoms with Gasteiger partial charge in [0.05, 0.1) is 23.6 Å². The molecule has 0 amide bonds. The fourth-order valence-electron chi connectivity index (χ4n) is 4.18. The van der Waals surface area contributed by atoms with Gasteiger partial charge >= 0.3 is 5.97 Å². The van der Waals surface area contributed by atoms with E-state index in [-0.39, 0.29) is 6.04 Å². The van der Waals surface area contributed by atoms with Crippen LogP contribution in [0, 0.1) is 6.92 Å². The van der Waals surface area contributed by atoms with Crippen molar-refractivity contribution in [2.24, 2.45) is 0 Å². The lowest BCUT2D eigenvalue weighted by Crippen LogP contribution is -2.33. The second kappa shape index (κ2) is 9.50. The molecule has 0 spiro atoms. The van der Waals surface area contributed by atoms with E-state index in [0.29, 0.717) is 17.9 Å². The normalized spacial score (nSPS) is 16.1. The predicted molar refractivity (Wildman–Crippen MR) is 123 cm³/mol. The van der Waals surface area contributed by atoms with Crippen LogP contribution in [0.1, 0.15) is 35.6 Å². The fourth-order valence-corrected chi connectivity index (χ4v) is 4.90. The van der Waals surface area contributed by atoms with E-state index < -0.39 is 23.8 Å². The number of carboxylic acid groups (broad SMARTS) is 1. The van der Waals surface area contributed by atoms with Gasteiger partial charge in [-0.2, -0.15) is 0 Å². The number of ether oxygens (including phenoxy) is 1. The standard InChI is InChI=1S/C24H24N2O5S/c1-16-5-2-6-17(13-16)21-12-11-18(14-25-21)26(32(29)30)22-9-3-8-20-19(22)7-4-10-23(20)31-15-24(27)28/h2,4-7,10-14,22H,3,8-9,15H2,1H3,(H,27,28)(H,29,30). The number of hydrogen-bond donors (Lipinski definition) is 2. The van der Waals surface area contributed by atoms with Crippen LogP contribution in [0.25, 0.3) is 11.3 Å². The third-order valence-corrected chi connectivity index (χ3v) is 6.35. The summed E-state index contributed by atoms with van der Waals surface area (Å²) in [5.74, 6) is -0.543. The van der Waals surface area contributed by atoms with Crippen LogP contribution in [0.4, 0.5) is 5.69 Å². The van der Waals surface area contributed by atoms with Crippen molar-refractivity contribution < 1.29 is 23.4 Å². The summed E-state index contributed by atoms with van der Waals surface area (Å²) in [5, 5.41) is 8.95. The van der Waals surface area contributed by atoms with Crippen LogP contribution >= 0.6 is 0 Å². The highest BCUT2D eigenvalue weighted by Gasteiger charge is 2.31. The van der Waals surface area contributed by atoms with Crippen LogP contribution in [-0.4, -0.2) is 31.4 Å². The topological polar surface area (TPSA) is 100.0 Å². The molecule has 7 nitrogen and oxygen atoms in total. The minimum absolute atomic E-state index is 0.357. The SMILES string of the molecule is Cc1cccc(-c2ccc(N(C3CCCc4c(OCC(=O)O)cccc43)S(=O)O)cn2)c1. The number of carbonyl (C=O) groups is 1. The third-order valence-electron chi connectivity index (χ3n) is 5.55. The average molecular weight is 453 g/mol. The molecule has 0 fully saturated rings. The van der Waals surface area contributed by atoms with Crippen LogP contribution in [-0.2, 0) is 22.5 Å². The highest BCUT2D eigenvalue weighted by molar-refractivity contribution is 7.80. The minimum atomic E-state index is -2.27. The number of pyridine rings is 1. The smallest absolute Gasteiger partial charge is 0.341 e. The molecule has 0 saturated heterocycles. The molecule has 0 saturated carbocycles. The molecule has 1 heterocycles. The van der Waals surface area contributed by atoms with Crippen LogP contribution in [0.2, 0.25) is 0 Å². The summed E-state index contributed by atoms with van der Waals surface area (Å²) < 4.78 is 29.5. The molecule has 2 aromatic carbocycles. The van der Waals surface area contributed by atoms with E-state index in [1.807, 2.05) is 43.3 Å². The molecule has 2 atom stereocenters. The summed E-state index contributed by atoms with van der Waals surface area (Å²) in [6.45, 7) is 1.59. The summed E-state index contributed by atoms with van der Waals surface area (Å²) in [5.41, 5.74) is 5.18. The molecule has 4 rings (SSSR count). The van der Waals surface area contributed by atoms with Crippen molar-refractivity contribution in [3.8, 4) is 17.0 Å². The van der Waals surface area contributed by atoms with Crippen molar-refractivity contribution >= 4 is 22.9 Å². The number of hydrogen-bond acceptors (Lipinski definition) is 4. The molecular weight excluding hydrogens is 428 g/mol. The van der Waals surface area contributed by atoms with Gasteiger partial charge in [0, 0.05) is 5.56 Å². The first kappa shape index (κ1) is 22.0. The molecular formula is C24H24N2O5S. The Bertz CT molecular complexity index is 1150. The number of aromatic nitrogens is 1. The minimum Gasteiger partial charge on any atom is -0.482 e. The van der Waals surface area contributed by atoms with E-state index in [0.717, 1.165) is 40.8 Å². The molecule has 8 heteroatoms. The highest BCUT2D eigenvalue weighted by atomic mass is 32.2. The van der Waals surface area contributed by atoms with E-state index in [1.54, 1.807) is 24.4 Å². The molecule has 0 aliphatic heterocycles. The van der Waals surface area contributed by atoms with Gasteiger partial charge < -0.3 is 9.84 Å². The molecule has 3 aromatic rings. The second-order valence-corrected chi connectivity index (χ2v) is 8.60. The first-order valence-corrected chi connectivity index (χ1v) is 11.4. The molecule has 1 aromatic heterocycles. The Hall–Kier alpha value is -3.23. The Balaban J connectivity index is 1.67. The van der Waals surface area contributed by atoms with Gasteiger partial charge in [0.2, 0.25) is 0 Å². The molecule has 166 valence electrons. The molecule has 0 bridgehead atoms. The maximum absolute atomic E-state index is 12.4. The van der Waals surface area contributed by atoms with E-state index in [9.17, 15) is 13.6 Å². The summed E-state index contributed by atoms with van der Waals surface area (Å²) in [6, 6.07) is 16.7. The van der Waals surface area contributed by atoms with E-state index in [4.69, 9.17) is 9.84 Å². The van der Waals surface area contributed by atoms with Gasteiger partial charge in [-0.05, 0) is 61.6 Å². The summed E-state index contributed by atoms with van der Waals surface area (Å²) in [6.07, 6.45) is 3.80. The number of anilines is 1. The quantitative estimate of drug-likeness (QED) is 0.511. The van der Waals surface area contributed by atoms with Gasteiger partial charge in [0.25, 0.3) is 11.3 Å². The summed E-state index contributed by atoms with van der Waals surface area (Å²) in [4.78, 5) is 15.5. The zero-order valence-corrected chi connectivity index (χ0v) is 18.4. The number of fused-ring (bicyclic) bond motifs is 1. The van der Waals surface area contributed by atoms with Gasteiger partial charge in [-0.3, -0.25) is 13.8 Å². The molecule has 32 heavy (non-hydrogen) atoms. The number of aliphatic carboxylic acids is 1. The monoisotopic (exact) mass is 452 g/mol. The Morgan fingerprint density at radius 2 is 2.03 bits per heavy atom. The predicted octanol–water partition coefficient (Wildman–Crippen LogP) is 4.54. The maximum atomic E-state index is 12.4. The van der Waals surface area contributed by atoms with Crippen LogP contribution in [0.15, 0.2) is 60.8 Å². The fraction of sp³-hybridized carbons (Fsp3) is 0.250. The average Bonchev–Trinajstić information content (AvgIpc) is 2.78. The lowest BCUT2D eigenvalue weighted by Gasteiger charge is -2.34. The number of rotatable bonds is 7. The number of benzene rings is 2. The van der Waals surface area contributed by atoms with Crippen LogP contribution in [0.3, 0.4) is 0 Å². The first-order valence-electron chi connectivity index (χ1n) is 10.3. The molecule has 2 unspecified atom stereocenters. The van der Waals surface area contributed by atoms with Crippen molar-refractivity contribution in [1.82, 2.24) is 4.98 Å². The van der Waals surface area contributed by atoms with Gasteiger partial charge in [0.1, 0.15) is 5.75 Å². The number of carboxylic acids is 1. The number of aryl methyl sites for hydroxylation is 1. The second-order valence-electron chi connectivity index (χ2n) is 7.74. The van der Waals surface area contributed by atoms with E-state index >= 15 is 0 Å². The van der Waals surface area contributed by atoms with Crippen molar-refractivity contribution in [1.29, 1.82) is 0 Å². The van der Waals surface area contributed by atoms with Gasteiger partial charge in [-0.1, -0.05) is 35.9 Å². The Morgan fingerprint density at radius 1 is 1.22 bits per heavy atom. The Morgan fingerprint density at radius 3 is 2.72 bits per heavy atom. The molecule has 1 aliphatic carbocycles. The maximum Gasteiger partial charge on any atom is 0.341 e. The van der Waals surface area contributed by atoms with Gasteiger partial charge in [-0.15, -0.1) is 0 Å². The summed E-state index contributed by atoms with van der Waals surface area (Å²) in [7, 11) is 0. The first-order chi connectivity index (χ1) is 15.4. The zero-order chi connectivity index (χ0) is 22.7. The van der Waals surface area contributed by atoms with Crippen molar-refractivity contribution in [3.63, 3.8) is 0 Å². The van der Waals surface area contributed by atoms with E-state index in [1.165, 1.54) is 4.31 Å². The largest absolute Gasteiger partial charge is 0.482 e.